The molecule has 1 aliphatic carbocycles. The Hall–Kier alpha value is -0.610. The number of carboxylic acid groups (broad SMARTS) is 1. The molecule has 0 spiro atoms. The molecule has 122 valence electrons. The van der Waals surface area contributed by atoms with Gasteiger partial charge in [0.15, 0.2) is 0 Å². The minimum atomic E-state index is -0.879. The van der Waals surface area contributed by atoms with Crippen LogP contribution in [0.4, 0.5) is 0 Å². The summed E-state index contributed by atoms with van der Waals surface area (Å²) in [6, 6.07) is 0. The maximum Gasteiger partial charge on any atom is 0.329 e. The lowest BCUT2D eigenvalue weighted by Crippen LogP contribution is -2.62. The van der Waals surface area contributed by atoms with Crippen LogP contribution in [0.15, 0.2) is 0 Å². The van der Waals surface area contributed by atoms with E-state index in [1.54, 1.807) is 0 Å². The predicted octanol–water partition coefficient (Wildman–Crippen LogP) is 3.01. The quantitative estimate of drug-likeness (QED) is 0.847. The number of carbonyl (C=O) groups is 1. The molecule has 21 heavy (non-hydrogen) atoms. The Morgan fingerprint density at radius 1 is 1.24 bits per heavy atom. The van der Waals surface area contributed by atoms with Crippen molar-refractivity contribution in [1.29, 1.82) is 0 Å². The Morgan fingerprint density at radius 3 is 2.29 bits per heavy atom. The highest BCUT2D eigenvalue weighted by Crippen LogP contribution is 2.40. The van der Waals surface area contributed by atoms with E-state index in [0.717, 1.165) is 31.5 Å². The van der Waals surface area contributed by atoms with Crippen molar-refractivity contribution in [3.8, 4) is 0 Å². The van der Waals surface area contributed by atoms with Gasteiger partial charge in [-0.25, -0.2) is 4.79 Å². The number of aliphatic carboxylic acids is 1. The van der Waals surface area contributed by atoms with Crippen LogP contribution in [0, 0.1) is 17.3 Å². The molecule has 0 unspecified atom stereocenters. The predicted molar refractivity (Wildman–Crippen MR) is 83.3 cm³/mol. The maximum absolute atomic E-state index is 10.6. The van der Waals surface area contributed by atoms with E-state index in [1.807, 2.05) is 6.92 Å². The highest BCUT2D eigenvalue weighted by Gasteiger charge is 2.41. The molecule has 0 aromatic heterocycles. The number of likely N-dealkylation sites (tertiary alicyclic amines) is 1. The number of rotatable bonds is 5. The van der Waals surface area contributed by atoms with Gasteiger partial charge in [-0.15, -0.1) is 0 Å². The molecule has 1 aliphatic heterocycles. The van der Waals surface area contributed by atoms with Gasteiger partial charge >= 0.3 is 5.97 Å². The number of ether oxygens (including phenoxy) is 1. The fourth-order valence-corrected chi connectivity index (χ4v) is 3.93. The van der Waals surface area contributed by atoms with E-state index in [9.17, 15) is 4.79 Å². The third kappa shape index (κ3) is 4.68. The van der Waals surface area contributed by atoms with E-state index in [2.05, 4.69) is 25.7 Å². The summed E-state index contributed by atoms with van der Waals surface area (Å²) in [5.74, 6) is 0.803. The average molecular weight is 297 g/mol. The summed E-state index contributed by atoms with van der Waals surface area (Å²) in [6.07, 6.45) is 5.39. The summed E-state index contributed by atoms with van der Waals surface area (Å²) in [4.78, 5) is 13.0. The first kappa shape index (κ1) is 16.8. The summed E-state index contributed by atoms with van der Waals surface area (Å²) >= 11 is 0. The SMILES string of the molecule is CC1(OCC(=O)O)CN(CC2CCC(C(C)(C)C)CC2)C1. The standard InChI is InChI=1S/C17H31NO3/c1-16(2,3)14-7-5-13(6-8-14)9-18-11-17(4,12-18)21-10-15(19)20/h13-14H,5-12H2,1-4H3,(H,19,20). The Bertz CT molecular complexity index is 361. The Kier molecular flexibility index (Phi) is 4.99. The Morgan fingerprint density at radius 2 is 1.81 bits per heavy atom. The third-order valence-corrected chi connectivity index (χ3v) is 5.25. The van der Waals surface area contributed by atoms with Gasteiger partial charge in [-0.05, 0) is 49.9 Å². The van der Waals surface area contributed by atoms with Gasteiger partial charge in [0.25, 0.3) is 0 Å². The molecule has 0 amide bonds. The van der Waals surface area contributed by atoms with Crippen molar-refractivity contribution in [3.63, 3.8) is 0 Å². The molecule has 0 radical (unpaired) electrons. The minimum absolute atomic E-state index is 0.180. The van der Waals surface area contributed by atoms with E-state index in [-0.39, 0.29) is 12.2 Å². The Labute approximate surface area is 128 Å². The lowest BCUT2D eigenvalue weighted by molar-refractivity contribution is -0.166. The topological polar surface area (TPSA) is 49.8 Å². The fourth-order valence-electron chi connectivity index (χ4n) is 3.93. The molecule has 4 nitrogen and oxygen atoms in total. The zero-order chi connectivity index (χ0) is 15.7. The van der Waals surface area contributed by atoms with Crippen molar-refractivity contribution < 1.29 is 14.6 Å². The van der Waals surface area contributed by atoms with Crippen LogP contribution < -0.4 is 0 Å². The first-order chi connectivity index (χ1) is 9.68. The van der Waals surface area contributed by atoms with Crippen molar-refractivity contribution in [2.45, 2.75) is 59.0 Å². The molecule has 1 saturated carbocycles. The highest BCUT2D eigenvalue weighted by molar-refractivity contribution is 5.68. The minimum Gasteiger partial charge on any atom is -0.480 e. The van der Waals surface area contributed by atoms with Crippen LogP contribution in [0.2, 0.25) is 0 Å². The third-order valence-electron chi connectivity index (χ3n) is 5.25. The number of carboxylic acids is 1. The zero-order valence-corrected chi connectivity index (χ0v) is 14.0. The number of nitrogens with zero attached hydrogens (tertiary/aromatic N) is 1. The van der Waals surface area contributed by atoms with Gasteiger partial charge in [0.2, 0.25) is 0 Å². The van der Waals surface area contributed by atoms with Gasteiger partial charge in [0.05, 0.1) is 5.60 Å². The van der Waals surface area contributed by atoms with Gasteiger partial charge in [0, 0.05) is 19.6 Å². The Balaban J connectivity index is 1.66. The van der Waals surface area contributed by atoms with Gasteiger partial charge in [-0.2, -0.15) is 0 Å². The molecule has 2 rings (SSSR count). The summed E-state index contributed by atoms with van der Waals surface area (Å²) in [6.45, 7) is 11.8. The van der Waals surface area contributed by atoms with Gasteiger partial charge < -0.3 is 9.84 Å². The molecule has 0 bridgehead atoms. The molecule has 4 heteroatoms. The normalized spacial score (nSPS) is 29.9. The molecule has 1 heterocycles. The largest absolute Gasteiger partial charge is 0.480 e. The van der Waals surface area contributed by atoms with Crippen molar-refractivity contribution in [1.82, 2.24) is 4.90 Å². The van der Waals surface area contributed by atoms with Crippen LogP contribution in [0.1, 0.15) is 53.4 Å². The monoisotopic (exact) mass is 297 g/mol. The average Bonchev–Trinajstić information content (AvgIpc) is 2.34. The molecule has 1 N–H and O–H groups in total. The van der Waals surface area contributed by atoms with E-state index < -0.39 is 5.97 Å². The van der Waals surface area contributed by atoms with Crippen molar-refractivity contribution >= 4 is 5.97 Å². The lowest BCUT2D eigenvalue weighted by atomic mass is 9.69. The van der Waals surface area contributed by atoms with E-state index in [0.29, 0.717) is 5.41 Å². The van der Waals surface area contributed by atoms with Crippen LogP contribution in [0.5, 0.6) is 0 Å². The fraction of sp³-hybridized carbons (Fsp3) is 0.941. The van der Waals surface area contributed by atoms with Crippen molar-refractivity contribution in [3.05, 3.63) is 0 Å². The first-order valence-electron chi connectivity index (χ1n) is 8.26. The molecule has 2 aliphatic rings. The van der Waals surface area contributed by atoms with Crippen molar-refractivity contribution in [2.75, 3.05) is 26.2 Å². The molecular formula is C17H31NO3. The molecular weight excluding hydrogens is 266 g/mol. The summed E-state index contributed by atoms with van der Waals surface area (Å²) < 4.78 is 5.47. The van der Waals surface area contributed by atoms with E-state index in [1.165, 1.54) is 25.7 Å². The smallest absolute Gasteiger partial charge is 0.329 e. The summed E-state index contributed by atoms with van der Waals surface area (Å²) in [7, 11) is 0. The van der Waals surface area contributed by atoms with Gasteiger partial charge in [-0.1, -0.05) is 20.8 Å². The highest BCUT2D eigenvalue weighted by atomic mass is 16.5. The second kappa shape index (κ2) is 6.25. The summed E-state index contributed by atoms with van der Waals surface area (Å²) in [5.41, 5.74) is 0.200. The summed E-state index contributed by atoms with van der Waals surface area (Å²) in [5, 5.41) is 8.68. The van der Waals surface area contributed by atoms with Crippen molar-refractivity contribution in [2.24, 2.45) is 17.3 Å². The van der Waals surface area contributed by atoms with Crippen LogP contribution in [-0.2, 0) is 9.53 Å². The van der Waals surface area contributed by atoms with Gasteiger partial charge in [-0.3, -0.25) is 4.90 Å². The maximum atomic E-state index is 10.6. The van der Waals surface area contributed by atoms with E-state index >= 15 is 0 Å². The number of hydrogen-bond donors (Lipinski definition) is 1. The second-order valence-electron chi connectivity index (χ2n) is 8.39. The first-order valence-corrected chi connectivity index (χ1v) is 8.26. The molecule has 0 atom stereocenters. The van der Waals surface area contributed by atoms with Crippen LogP contribution in [0.3, 0.4) is 0 Å². The molecule has 2 fully saturated rings. The lowest BCUT2D eigenvalue weighted by Gasteiger charge is -2.49. The second-order valence-corrected chi connectivity index (χ2v) is 8.39. The van der Waals surface area contributed by atoms with Crippen LogP contribution in [0.25, 0.3) is 0 Å². The van der Waals surface area contributed by atoms with E-state index in [4.69, 9.17) is 9.84 Å². The van der Waals surface area contributed by atoms with Crippen LogP contribution in [-0.4, -0.2) is 47.8 Å². The molecule has 0 aromatic rings. The molecule has 1 saturated heterocycles. The number of hydrogen-bond acceptors (Lipinski definition) is 3. The van der Waals surface area contributed by atoms with Gasteiger partial charge in [0.1, 0.15) is 6.61 Å². The zero-order valence-electron chi connectivity index (χ0n) is 14.0. The molecule has 0 aromatic carbocycles. The van der Waals surface area contributed by atoms with Crippen LogP contribution >= 0.6 is 0 Å².